The third-order valence-corrected chi connectivity index (χ3v) is 2.92. The van der Waals surface area contributed by atoms with Gasteiger partial charge in [0.2, 0.25) is 0 Å². The smallest absolute Gasteiger partial charge is 0.407 e. The van der Waals surface area contributed by atoms with Crippen molar-refractivity contribution < 1.29 is 19.0 Å². The molecule has 1 aliphatic rings. The lowest BCUT2D eigenvalue weighted by Crippen LogP contribution is -2.22. The van der Waals surface area contributed by atoms with Crippen molar-refractivity contribution in [1.29, 1.82) is 0 Å². The average Bonchev–Trinajstić information content (AvgIpc) is 2.88. The molecule has 1 heterocycles. The molecule has 1 unspecified atom stereocenters. The highest BCUT2D eigenvalue weighted by Gasteiger charge is 2.22. The van der Waals surface area contributed by atoms with Gasteiger partial charge in [-0.1, -0.05) is 12.1 Å². The molecule has 1 amide bonds. The van der Waals surface area contributed by atoms with Crippen LogP contribution < -0.4 is 15.4 Å². The van der Waals surface area contributed by atoms with Crippen LogP contribution >= 0.6 is 0 Å². The molecule has 0 saturated carbocycles. The number of methoxy groups -OCH3 is 1. The fourth-order valence-corrected chi connectivity index (χ4v) is 1.82. The second-order valence-electron chi connectivity index (χ2n) is 4.53. The Bertz CT molecular complexity index is 422. The van der Waals surface area contributed by atoms with Crippen LogP contribution in [0.5, 0.6) is 5.75 Å². The van der Waals surface area contributed by atoms with Gasteiger partial charge in [0.25, 0.3) is 0 Å². The Morgan fingerprint density at radius 3 is 2.85 bits per heavy atom. The summed E-state index contributed by atoms with van der Waals surface area (Å²) >= 11 is 0. The monoisotopic (exact) mass is 280 g/mol. The highest BCUT2D eigenvalue weighted by Crippen LogP contribution is 2.13. The predicted molar refractivity (Wildman–Crippen MR) is 73.8 cm³/mol. The van der Waals surface area contributed by atoms with Gasteiger partial charge in [0.1, 0.15) is 12.4 Å². The molecular weight excluding hydrogens is 260 g/mol. The summed E-state index contributed by atoms with van der Waals surface area (Å²) in [4.78, 5) is 10.9. The summed E-state index contributed by atoms with van der Waals surface area (Å²) in [7, 11) is 1.69. The summed E-state index contributed by atoms with van der Waals surface area (Å²) in [6, 6.07) is 7.84. The van der Waals surface area contributed by atoms with Crippen LogP contribution in [0.2, 0.25) is 0 Å². The van der Waals surface area contributed by atoms with Crippen LogP contribution in [0.4, 0.5) is 4.79 Å². The first kappa shape index (κ1) is 14.6. The zero-order valence-electron chi connectivity index (χ0n) is 11.6. The van der Waals surface area contributed by atoms with Gasteiger partial charge in [0.05, 0.1) is 13.2 Å². The number of nitrogens with one attached hydrogen (secondary N) is 2. The predicted octanol–water partition coefficient (Wildman–Crippen LogP) is 0.910. The molecule has 0 aromatic heterocycles. The molecule has 1 aromatic rings. The van der Waals surface area contributed by atoms with Crippen molar-refractivity contribution in [2.45, 2.75) is 12.6 Å². The van der Waals surface area contributed by atoms with E-state index >= 15 is 0 Å². The maximum atomic E-state index is 10.9. The van der Waals surface area contributed by atoms with Crippen LogP contribution in [0.3, 0.4) is 0 Å². The van der Waals surface area contributed by atoms with E-state index in [1.54, 1.807) is 7.11 Å². The number of ether oxygens (including phenoxy) is 3. The van der Waals surface area contributed by atoms with Crippen molar-refractivity contribution in [3.63, 3.8) is 0 Å². The Kier molecular flexibility index (Phi) is 5.64. The van der Waals surface area contributed by atoms with E-state index in [-0.39, 0.29) is 12.2 Å². The maximum absolute atomic E-state index is 10.9. The van der Waals surface area contributed by atoms with Crippen LogP contribution in [-0.2, 0) is 16.0 Å². The number of benzene rings is 1. The minimum atomic E-state index is -0.379. The molecule has 110 valence electrons. The second kappa shape index (κ2) is 7.72. The van der Waals surface area contributed by atoms with Crippen LogP contribution in [0, 0.1) is 0 Å². The number of hydrogen-bond acceptors (Lipinski definition) is 5. The summed E-state index contributed by atoms with van der Waals surface area (Å²) in [5, 5.41) is 5.86. The maximum Gasteiger partial charge on any atom is 0.407 e. The van der Waals surface area contributed by atoms with E-state index < -0.39 is 0 Å². The van der Waals surface area contributed by atoms with Crippen LogP contribution in [0.25, 0.3) is 0 Å². The number of rotatable bonds is 8. The van der Waals surface area contributed by atoms with E-state index in [1.165, 1.54) is 5.56 Å². The molecule has 0 spiro atoms. The SMILES string of the molecule is COCCNCc1ccc(OCC2CNC(=O)O2)cc1. The fraction of sp³-hybridized carbons (Fsp3) is 0.500. The molecular formula is C14H20N2O4. The van der Waals surface area contributed by atoms with Crippen molar-refractivity contribution in [1.82, 2.24) is 10.6 Å². The number of alkyl carbamates (subject to hydrolysis) is 1. The Balaban J connectivity index is 1.69. The Morgan fingerprint density at radius 2 is 2.20 bits per heavy atom. The third-order valence-electron chi connectivity index (χ3n) is 2.92. The second-order valence-corrected chi connectivity index (χ2v) is 4.53. The van der Waals surface area contributed by atoms with E-state index in [9.17, 15) is 4.79 Å². The van der Waals surface area contributed by atoms with Gasteiger partial charge in [0, 0.05) is 20.2 Å². The topological polar surface area (TPSA) is 68.8 Å². The molecule has 1 aromatic carbocycles. The highest BCUT2D eigenvalue weighted by molar-refractivity contribution is 5.69. The van der Waals surface area contributed by atoms with Gasteiger partial charge in [-0.15, -0.1) is 0 Å². The molecule has 0 bridgehead atoms. The molecule has 2 rings (SSSR count). The van der Waals surface area contributed by atoms with Gasteiger partial charge >= 0.3 is 6.09 Å². The molecule has 0 aliphatic carbocycles. The number of hydrogen-bond donors (Lipinski definition) is 2. The van der Waals surface area contributed by atoms with Gasteiger partial charge in [-0.3, -0.25) is 0 Å². The van der Waals surface area contributed by atoms with Crippen molar-refractivity contribution in [3.05, 3.63) is 29.8 Å². The molecule has 6 heteroatoms. The minimum absolute atomic E-state index is 0.210. The number of cyclic esters (lactones) is 1. The lowest BCUT2D eigenvalue weighted by Gasteiger charge is -2.11. The summed E-state index contributed by atoms with van der Waals surface area (Å²) in [5.41, 5.74) is 1.18. The minimum Gasteiger partial charge on any atom is -0.490 e. The first-order chi connectivity index (χ1) is 9.78. The molecule has 1 atom stereocenters. The molecule has 1 fully saturated rings. The molecule has 0 radical (unpaired) electrons. The van der Waals surface area contributed by atoms with Crippen molar-refractivity contribution >= 4 is 6.09 Å². The molecule has 6 nitrogen and oxygen atoms in total. The van der Waals surface area contributed by atoms with Gasteiger partial charge in [0.15, 0.2) is 6.10 Å². The van der Waals surface area contributed by atoms with Crippen LogP contribution in [0.15, 0.2) is 24.3 Å². The van der Waals surface area contributed by atoms with E-state index in [2.05, 4.69) is 10.6 Å². The number of amides is 1. The van der Waals surface area contributed by atoms with Gasteiger partial charge in [-0.05, 0) is 17.7 Å². The van der Waals surface area contributed by atoms with E-state index in [4.69, 9.17) is 14.2 Å². The standard InChI is InChI=1S/C14H20N2O4/c1-18-7-6-15-8-11-2-4-12(5-3-11)19-10-13-9-16-14(17)20-13/h2-5,13,15H,6-10H2,1H3,(H,16,17). The number of carbonyl (C=O) groups is 1. The van der Waals surface area contributed by atoms with Gasteiger partial charge < -0.3 is 24.8 Å². The van der Waals surface area contributed by atoms with Crippen molar-refractivity contribution in [3.8, 4) is 5.75 Å². The quantitative estimate of drug-likeness (QED) is 0.693. The fourth-order valence-electron chi connectivity index (χ4n) is 1.82. The lowest BCUT2D eigenvalue weighted by molar-refractivity contribution is 0.105. The third kappa shape index (κ3) is 4.71. The summed E-state index contributed by atoms with van der Waals surface area (Å²) in [6.45, 7) is 3.20. The van der Waals surface area contributed by atoms with E-state index in [0.29, 0.717) is 19.8 Å². The van der Waals surface area contributed by atoms with E-state index in [0.717, 1.165) is 18.8 Å². The molecule has 2 N–H and O–H groups in total. The summed E-state index contributed by atoms with van der Waals surface area (Å²) < 4.78 is 15.5. The summed E-state index contributed by atoms with van der Waals surface area (Å²) in [6.07, 6.45) is -0.589. The van der Waals surface area contributed by atoms with Crippen molar-refractivity contribution in [2.24, 2.45) is 0 Å². The lowest BCUT2D eigenvalue weighted by atomic mass is 10.2. The van der Waals surface area contributed by atoms with Crippen LogP contribution in [-0.4, -0.2) is 45.6 Å². The van der Waals surface area contributed by atoms with Crippen molar-refractivity contribution in [2.75, 3.05) is 33.4 Å². The largest absolute Gasteiger partial charge is 0.490 e. The average molecular weight is 280 g/mol. The number of carbonyl (C=O) groups excluding carboxylic acids is 1. The molecule has 20 heavy (non-hydrogen) atoms. The summed E-state index contributed by atoms with van der Waals surface area (Å²) in [5.74, 6) is 0.772. The van der Waals surface area contributed by atoms with Gasteiger partial charge in [-0.2, -0.15) is 0 Å². The first-order valence-electron chi connectivity index (χ1n) is 6.64. The van der Waals surface area contributed by atoms with Gasteiger partial charge in [-0.25, -0.2) is 4.79 Å². The highest BCUT2D eigenvalue weighted by atomic mass is 16.6. The normalized spacial score (nSPS) is 17.6. The van der Waals surface area contributed by atoms with E-state index in [1.807, 2.05) is 24.3 Å². The first-order valence-corrected chi connectivity index (χ1v) is 6.64. The zero-order chi connectivity index (χ0) is 14.2. The zero-order valence-corrected chi connectivity index (χ0v) is 11.6. The Labute approximate surface area is 118 Å². The molecule has 1 aliphatic heterocycles. The van der Waals surface area contributed by atoms with Crippen LogP contribution in [0.1, 0.15) is 5.56 Å². The molecule has 1 saturated heterocycles. The Hall–Kier alpha value is -1.79. The Morgan fingerprint density at radius 1 is 1.40 bits per heavy atom.